The van der Waals surface area contributed by atoms with E-state index in [1.54, 1.807) is 31.2 Å². The quantitative estimate of drug-likeness (QED) is 0.777. The number of anilines is 2. The van der Waals surface area contributed by atoms with E-state index >= 15 is 0 Å². The molecular formula is C17H20N4O4. The smallest absolute Gasteiger partial charge is 0.260 e. The Morgan fingerprint density at radius 2 is 1.88 bits per heavy atom. The molecule has 1 aromatic carbocycles. The largest absolute Gasteiger partial charge is 0.375 e. The van der Waals surface area contributed by atoms with Crippen LogP contribution in [0.25, 0.3) is 0 Å². The number of aryl methyl sites for hydroxylation is 1. The highest BCUT2D eigenvalue weighted by Gasteiger charge is 2.28. The lowest BCUT2D eigenvalue weighted by Gasteiger charge is -2.29. The van der Waals surface area contributed by atoms with Crippen LogP contribution >= 0.6 is 0 Å². The molecule has 2 aromatic rings. The minimum absolute atomic E-state index is 0.149. The summed E-state index contributed by atoms with van der Waals surface area (Å²) < 4.78 is 10.4. The number of nitrogens with zero attached hydrogens (tertiary/aromatic N) is 1. The monoisotopic (exact) mass is 344 g/mol. The van der Waals surface area contributed by atoms with E-state index < -0.39 is 0 Å². The topological polar surface area (TPSA) is 105 Å². The van der Waals surface area contributed by atoms with E-state index in [2.05, 4.69) is 21.1 Å². The molecule has 3 N–H and O–H groups in total. The number of carbonyl (C=O) groups excluding carboxylic acids is 2. The first-order valence-corrected chi connectivity index (χ1v) is 8.03. The Morgan fingerprint density at radius 3 is 2.48 bits per heavy atom. The Labute approximate surface area is 144 Å². The van der Waals surface area contributed by atoms with Crippen molar-refractivity contribution in [2.45, 2.75) is 26.0 Å². The molecule has 0 unspecified atom stereocenters. The number of morpholine rings is 1. The van der Waals surface area contributed by atoms with Crippen molar-refractivity contribution in [2.75, 3.05) is 23.8 Å². The van der Waals surface area contributed by atoms with Crippen LogP contribution in [-0.2, 0) is 9.53 Å². The SMILES string of the molecule is Cc1oncc1C(=O)Nc1ccc(NC(=O)[C@H]2NCCO[C@@H]2C)cc1. The Kier molecular flexibility index (Phi) is 5.11. The van der Waals surface area contributed by atoms with Crippen LogP contribution in [0.2, 0.25) is 0 Å². The van der Waals surface area contributed by atoms with E-state index in [-0.39, 0.29) is 24.0 Å². The van der Waals surface area contributed by atoms with Crippen LogP contribution in [0.4, 0.5) is 11.4 Å². The molecule has 8 heteroatoms. The molecular weight excluding hydrogens is 324 g/mol. The summed E-state index contributed by atoms with van der Waals surface area (Å²) in [7, 11) is 0. The van der Waals surface area contributed by atoms with E-state index in [0.29, 0.717) is 35.9 Å². The van der Waals surface area contributed by atoms with Crippen molar-refractivity contribution >= 4 is 23.2 Å². The number of benzene rings is 1. The molecule has 1 fully saturated rings. The molecule has 2 amide bonds. The van der Waals surface area contributed by atoms with Gasteiger partial charge in [0, 0.05) is 17.9 Å². The summed E-state index contributed by atoms with van der Waals surface area (Å²) in [4.78, 5) is 24.4. The second kappa shape index (κ2) is 7.45. The standard InChI is InChI=1S/C17H20N4O4/c1-10-14(9-19-25-10)16(22)20-12-3-5-13(6-4-12)21-17(23)15-11(2)24-8-7-18-15/h3-6,9,11,15,18H,7-8H2,1-2H3,(H,20,22)(H,21,23)/t11-,15+/m1/s1. The van der Waals surface area contributed by atoms with Gasteiger partial charge >= 0.3 is 0 Å². The molecule has 3 rings (SSSR count). The molecule has 0 radical (unpaired) electrons. The van der Waals surface area contributed by atoms with Gasteiger partial charge in [0.25, 0.3) is 5.91 Å². The fourth-order valence-electron chi connectivity index (χ4n) is 2.60. The minimum Gasteiger partial charge on any atom is -0.375 e. The molecule has 0 bridgehead atoms. The third kappa shape index (κ3) is 4.04. The van der Waals surface area contributed by atoms with Crippen LogP contribution in [0.15, 0.2) is 35.0 Å². The first-order valence-electron chi connectivity index (χ1n) is 8.03. The van der Waals surface area contributed by atoms with Crippen LogP contribution in [0, 0.1) is 6.92 Å². The van der Waals surface area contributed by atoms with Gasteiger partial charge in [0.2, 0.25) is 5.91 Å². The van der Waals surface area contributed by atoms with Crippen molar-refractivity contribution in [3.63, 3.8) is 0 Å². The zero-order valence-electron chi connectivity index (χ0n) is 14.0. The molecule has 1 aromatic heterocycles. The highest BCUT2D eigenvalue weighted by molar-refractivity contribution is 6.04. The summed E-state index contributed by atoms with van der Waals surface area (Å²) in [5.74, 6) is 0.00898. The van der Waals surface area contributed by atoms with Crippen molar-refractivity contribution in [3.8, 4) is 0 Å². The maximum absolute atomic E-state index is 12.3. The van der Waals surface area contributed by atoms with Gasteiger partial charge < -0.3 is 25.2 Å². The van der Waals surface area contributed by atoms with Gasteiger partial charge in [-0.3, -0.25) is 9.59 Å². The summed E-state index contributed by atoms with van der Waals surface area (Å²) >= 11 is 0. The molecule has 0 saturated carbocycles. The highest BCUT2D eigenvalue weighted by atomic mass is 16.5. The van der Waals surface area contributed by atoms with E-state index in [4.69, 9.17) is 9.26 Å². The van der Waals surface area contributed by atoms with Crippen LogP contribution in [-0.4, -0.2) is 42.3 Å². The molecule has 25 heavy (non-hydrogen) atoms. The van der Waals surface area contributed by atoms with Crippen molar-refractivity contribution in [1.82, 2.24) is 10.5 Å². The predicted octanol–water partition coefficient (Wildman–Crippen LogP) is 1.55. The summed E-state index contributed by atoms with van der Waals surface area (Å²) in [5, 5.41) is 12.3. The first kappa shape index (κ1) is 17.1. The van der Waals surface area contributed by atoms with Crippen LogP contribution in [0.5, 0.6) is 0 Å². The number of rotatable bonds is 4. The Morgan fingerprint density at radius 1 is 1.20 bits per heavy atom. The average Bonchev–Trinajstić information content (AvgIpc) is 3.03. The average molecular weight is 344 g/mol. The lowest BCUT2D eigenvalue weighted by atomic mass is 10.1. The number of hydrogen-bond acceptors (Lipinski definition) is 6. The van der Waals surface area contributed by atoms with E-state index in [1.807, 2.05) is 6.92 Å². The highest BCUT2D eigenvalue weighted by Crippen LogP contribution is 2.16. The Hall–Kier alpha value is -2.71. The van der Waals surface area contributed by atoms with Gasteiger partial charge in [-0.1, -0.05) is 5.16 Å². The van der Waals surface area contributed by atoms with Crippen LogP contribution < -0.4 is 16.0 Å². The minimum atomic E-state index is -0.385. The van der Waals surface area contributed by atoms with Crippen molar-refractivity contribution in [3.05, 3.63) is 41.8 Å². The second-order valence-electron chi connectivity index (χ2n) is 5.82. The molecule has 1 aliphatic heterocycles. The number of aromatic nitrogens is 1. The van der Waals surface area contributed by atoms with Crippen molar-refractivity contribution in [2.24, 2.45) is 0 Å². The predicted molar refractivity (Wildman–Crippen MR) is 91.5 cm³/mol. The van der Waals surface area contributed by atoms with Crippen molar-refractivity contribution in [1.29, 1.82) is 0 Å². The number of carbonyl (C=O) groups is 2. The van der Waals surface area contributed by atoms with Gasteiger partial charge in [0.1, 0.15) is 17.4 Å². The van der Waals surface area contributed by atoms with E-state index in [1.165, 1.54) is 6.20 Å². The van der Waals surface area contributed by atoms with Crippen LogP contribution in [0.3, 0.4) is 0 Å². The van der Waals surface area contributed by atoms with Gasteiger partial charge in [-0.2, -0.15) is 0 Å². The molecule has 1 saturated heterocycles. The fourth-order valence-corrected chi connectivity index (χ4v) is 2.60. The third-order valence-corrected chi connectivity index (χ3v) is 4.00. The van der Waals surface area contributed by atoms with Crippen molar-refractivity contribution < 1.29 is 18.8 Å². The molecule has 8 nitrogen and oxygen atoms in total. The fraction of sp³-hybridized carbons (Fsp3) is 0.353. The number of ether oxygens (including phenoxy) is 1. The maximum atomic E-state index is 12.3. The van der Waals surface area contributed by atoms with Gasteiger partial charge in [0.05, 0.1) is 18.9 Å². The van der Waals surface area contributed by atoms with Gasteiger partial charge in [0.15, 0.2) is 0 Å². The molecule has 2 heterocycles. The molecule has 132 valence electrons. The Bertz CT molecular complexity index is 756. The van der Waals surface area contributed by atoms with Gasteiger partial charge in [-0.25, -0.2) is 0 Å². The maximum Gasteiger partial charge on any atom is 0.260 e. The Balaban J connectivity index is 1.59. The zero-order chi connectivity index (χ0) is 17.8. The molecule has 0 spiro atoms. The normalized spacial score (nSPS) is 20.1. The lowest BCUT2D eigenvalue weighted by Crippen LogP contribution is -2.53. The second-order valence-corrected chi connectivity index (χ2v) is 5.82. The summed E-state index contributed by atoms with van der Waals surface area (Å²) in [5.41, 5.74) is 1.63. The first-order chi connectivity index (χ1) is 12.0. The molecule has 2 atom stereocenters. The molecule has 1 aliphatic rings. The zero-order valence-corrected chi connectivity index (χ0v) is 14.0. The number of amides is 2. The number of hydrogen-bond donors (Lipinski definition) is 3. The van der Waals surface area contributed by atoms with Crippen LogP contribution in [0.1, 0.15) is 23.0 Å². The lowest BCUT2D eigenvalue weighted by molar-refractivity contribution is -0.123. The molecule has 0 aliphatic carbocycles. The number of nitrogens with one attached hydrogen (secondary N) is 3. The van der Waals surface area contributed by atoms with Gasteiger partial charge in [-0.15, -0.1) is 0 Å². The summed E-state index contributed by atoms with van der Waals surface area (Å²) in [6.07, 6.45) is 1.19. The van der Waals surface area contributed by atoms with E-state index in [9.17, 15) is 9.59 Å². The van der Waals surface area contributed by atoms with E-state index in [0.717, 1.165) is 0 Å². The van der Waals surface area contributed by atoms with Gasteiger partial charge in [-0.05, 0) is 38.1 Å². The summed E-state index contributed by atoms with van der Waals surface area (Å²) in [6.45, 7) is 4.78. The third-order valence-electron chi connectivity index (χ3n) is 4.00. The summed E-state index contributed by atoms with van der Waals surface area (Å²) in [6, 6.07) is 6.49.